The molecule has 0 aliphatic heterocycles. The molecule has 0 spiro atoms. The lowest BCUT2D eigenvalue weighted by atomic mass is 9.86. The summed E-state index contributed by atoms with van der Waals surface area (Å²) in [5.41, 5.74) is 19.7. The first kappa shape index (κ1) is 30.5. The molecule has 55 heavy (non-hydrogen) atoms. The van der Waals surface area contributed by atoms with E-state index in [1.165, 1.54) is 105 Å². The zero-order valence-electron chi connectivity index (χ0n) is 30.2. The van der Waals surface area contributed by atoms with E-state index in [0.29, 0.717) is 0 Å². The van der Waals surface area contributed by atoms with E-state index >= 15 is 0 Å². The Balaban J connectivity index is 1.12. The largest absolute Gasteiger partial charge is 0.309 e. The molecule has 1 aromatic heterocycles. The lowest BCUT2D eigenvalue weighted by Gasteiger charge is -2.16. The third-order valence-corrected chi connectivity index (χ3v) is 12.3. The molecule has 0 amide bonds. The molecule has 10 aromatic rings. The third-order valence-electron chi connectivity index (χ3n) is 12.3. The van der Waals surface area contributed by atoms with Gasteiger partial charge in [0, 0.05) is 28.3 Å². The molecule has 12 rings (SSSR count). The predicted molar refractivity (Wildman–Crippen MR) is 229 cm³/mol. The Morgan fingerprint density at radius 1 is 0.345 bits per heavy atom. The van der Waals surface area contributed by atoms with Crippen LogP contribution in [-0.4, -0.2) is 4.57 Å². The van der Waals surface area contributed by atoms with Crippen molar-refractivity contribution in [3.63, 3.8) is 0 Å². The molecular formula is C54H35N. The van der Waals surface area contributed by atoms with E-state index in [2.05, 4.69) is 205 Å². The first-order chi connectivity index (χ1) is 27.3. The van der Waals surface area contributed by atoms with Crippen LogP contribution in [0.5, 0.6) is 0 Å². The summed E-state index contributed by atoms with van der Waals surface area (Å²) in [4.78, 5) is 0. The van der Waals surface area contributed by atoms with Crippen molar-refractivity contribution in [2.45, 2.75) is 11.8 Å². The molecule has 1 nitrogen and oxygen atoms in total. The van der Waals surface area contributed by atoms with Gasteiger partial charge in [-0.3, -0.25) is 0 Å². The fraction of sp³-hybridized carbons (Fsp3) is 0.0370. The van der Waals surface area contributed by atoms with E-state index in [-0.39, 0.29) is 11.8 Å². The Labute approximate surface area is 320 Å². The number of aromatic nitrogens is 1. The zero-order valence-corrected chi connectivity index (χ0v) is 30.2. The molecule has 1 heterocycles. The van der Waals surface area contributed by atoms with Gasteiger partial charge in [0.15, 0.2) is 0 Å². The van der Waals surface area contributed by atoms with E-state index in [1.54, 1.807) is 0 Å². The van der Waals surface area contributed by atoms with Crippen LogP contribution in [0.4, 0.5) is 0 Å². The summed E-state index contributed by atoms with van der Waals surface area (Å²) >= 11 is 0. The van der Waals surface area contributed by atoms with E-state index in [9.17, 15) is 0 Å². The maximum atomic E-state index is 2.50. The summed E-state index contributed by atoms with van der Waals surface area (Å²) in [5.74, 6) is 0.379. The average molecular weight is 698 g/mol. The second-order valence-corrected chi connectivity index (χ2v) is 15.2. The van der Waals surface area contributed by atoms with E-state index in [1.807, 2.05) is 0 Å². The Morgan fingerprint density at radius 2 is 0.927 bits per heavy atom. The smallest absolute Gasteiger partial charge is 0.0544 e. The Morgan fingerprint density at radius 3 is 1.71 bits per heavy atom. The fourth-order valence-electron chi connectivity index (χ4n) is 9.97. The van der Waals surface area contributed by atoms with Crippen LogP contribution < -0.4 is 0 Å². The van der Waals surface area contributed by atoms with Gasteiger partial charge in [0.05, 0.1) is 11.0 Å². The molecule has 0 fully saturated rings. The van der Waals surface area contributed by atoms with Crippen molar-refractivity contribution < 1.29 is 0 Å². The second kappa shape index (κ2) is 11.8. The van der Waals surface area contributed by atoms with Gasteiger partial charge in [-0.05, 0) is 114 Å². The highest BCUT2D eigenvalue weighted by Gasteiger charge is 2.34. The number of nitrogens with zero attached hydrogens (tertiary/aromatic N) is 1. The maximum absolute atomic E-state index is 2.50. The number of hydrogen-bond donors (Lipinski definition) is 0. The lowest BCUT2D eigenvalue weighted by Crippen LogP contribution is -2.00. The molecule has 2 aliphatic carbocycles. The zero-order chi connectivity index (χ0) is 36.0. The normalized spacial score (nSPS) is 15.3. The van der Waals surface area contributed by atoms with Crippen LogP contribution >= 0.6 is 0 Å². The van der Waals surface area contributed by atoms with Gasteiger partial charge in [0.25, 0.3) is 0 Å². The van der Waals surface area contributed by atoms with Gasteiger partial charge in [-0.1, -0.05) is 164 Å². The lowest BCUT2D eigenvalue weighted by molar-refractivity contribution is 1.02. The minimum absolute atomic E-state index is 0.141. The predicted octanol–water partition coefficient (Wildman–Crippen LogP) is 13.9. The van der Waals surface area contributed by atoms with Crippen molar-refractivity contribution in [3.8, 4) is 39.1 Å². The second-order valence-electron chi connectivity index (χ2n) is 15.2. The van der Waals surface area contributed by atoms with Crippen LogP contribution in [0.2, 0.25) is 0 Å². The summed E-state index contributed by atoms with van der Waals surface area (Å²) < 4.78 is 2.50. The van der Waals surface area contributed by atoms with Crippen LogP contribution in [0.3, 0.4) is 0 Å². The topological polar surface area (TPSA) is 4.93 Å². The first-order valence-electron chi connectivity index (χ1n) is 19.3. The van der Waals surface area contributed by atoms with Crippen molar-refractivity contribution in [3.05, 3.63) is 234 Å². The van der Waals surface area contributed by atoms with E-state index in [0.717, 1.165) is 0 Å². The van der Waals surface area contributed by atoms with Crippen molar-refractivity contribution in [2.24, 2.45) is 0 Å². The van der Waals surface area contributed by atoms with Crippen molar-refractivity contribution in [1.29, 1.82) is 0 Å². The standard InChI is InChI=1S/C54H35N/c1-3-14-35(15-4-1)51-43-21-11-10-20-42(43)47-32-38(24-27-46(47)51)39-25-29-49-48(33-39)53-50(55(49)40-26-23-34-13-7-8-18-37(34)31-40)30-28-45-41-19-9-12-22-44(41)52(54(45)53)36-16-5-2-6-17-36/h1-33,51-52H. The van der Waals surface area contributed by atoms with Crippen LogP contribution in [0.15, 0.2) is 200 Å². The van der Waals surface area contributed by atoms with Crippen LogP contribution in [-0.2, 0) is 0 Å². The molecule has 0 bridgehead atoms. The molecule has 2 unspecified atom stereocenters. The molecule has 0 radical (unpaired) electrons. The molecule has 0 saturated carbocycles. The highest BCUT2D eigenvalue weighted by Crippen LogP contribution is 2.54. The van der Waals surface area contributed by atoms with Gasteiger partial charge in [-0.15, -0.1) is 0 Å². The number of fused-ring (bicyclic) bond motifs is 11. The molecular weight excluding hydrogens is 663 g/mol. The highest BCUT2D eigenvalue weighted by molar-refractivity contribution is 6.15. The third kappa shape index (κ3) is 4.47. The van der Waals surface area contributed by atoms with Gasteiger partial charge in [-0.2, -0.15) is 0 Å². The summed E-state index contributed by atoms with van der Waals surface area (Å²) in [6, 6.07) is 74.7. The Kier molecular flexibility index (Phi) is 6.53. The maximum Gasteiger partial charge on any atom is 0.0544 e. The fourth-order valence-corrected chi connectivity index (χ4v) is 9.97. The molecule has 2 atom stereocenters. The SMILES string of the molecule is c1ccc(C2c3ccccc3-c3cc(-c4ccc5c(c4)c4c6c(ccc4n5-c4ccc5ccccc5c4)-c4ccccc4C6c4ccccc4)ccc32)cc1. The monoisotopic (exact) mass is 697 g/mol. The minimum atomic E-state index is 0.141. The van der Waals surface area contributed by atoms with Gasteiger partial charge < -0.3 is 4.57 Å². The molecule has 1 heteroatoms. The Hall–Kier alpha value is -6.96. The van der Waals surface area contributed by atoms with Gasteiger partial charge in [0.1, 0.15) is 0 Å². The summed E-state index contributed by atoms with van der Waals surface area (Å²) in [7, 11) is 0. The van der Waals surface area contributed by atoms with Gasteiger partial charge >= 0.3 is 0 Å². The van der Waals surface area contributed by atoms with Crippen molar-refractivity contribution >= 4 is 32.6 Å². The summed E-state index contributed by atoms with van der Waals surface area (Å²) in [6.07, 6.45) is 0. The Bertz CT molecular complexity index is 3150. The van der Waals surface area contributed by atoms with Crippen LogP contribution in [0.25, 0.3) is 71.6 Å². The molecule has 256 valence electrons. The highest BCUT2D eigenvalue weighted by atomic mass is 15.0. The molecule has 0 saturated heterocycles. The number of benzene rings is 9. The molecule has 9 aromatic carbocycles. The van der Waals surface area contributed by atoms with E-state index < -0.39 is 0 Å². The van der Waals surface area contributed by atoms with Crippen molar-refractivity contribution in [1.82, 2.24) is 4.57 Å². The van der Waals surface area contributed by atoms with Crippen molar-refractivity contribution in [2.75, 3.05) is 0 Å². The average Bonchev–Trinajstić information content (AvgIpc) is 3.89. The molecule has 0 N–H and O–H groups in total. The summed E-state index contributed by atoms with van der Waals surface area (Å²) in [6.45, 7) is 0. The number of rotatable bonds is 4. The van der Waals surface area contributed by atoms with E-state index in [4.69, 9.17) is 0 Å². The number of hydrogen-bond acceptors (Lipinski definition) is 0. The quantitative estimate of drug-likeness (QED) is 0.173. The van der Waals surface area contributed by atoms with Crippen LogP contribution in [0.1, 0.15) is 45.2 Å². The van der Waals surface area contributed by atoms with Gasteiger partial charge in [-0.25, -0.2) is 0 Å². The summed E-state index contributed by atoms with van der Waals surface area (Å²) in [5, 5.41) is 5.12. The minimum Gasteiger partial charge on any atom is -0.309 e. The molecule has 2 aliphatic rings. The first-order valence-corrected chi connectivity index (χ1v) is 19.3. The van der Waals surface area contributed by atoms with Crippen LogP contribution in [0, 0.1) is 0 Å². The van der Waals surface area contributed by atoms with Gasteiger partial charge in [0.2, 0.25) is 0 Å².